The van der Waals surface area contributed by atoms with Gasteiger partial charge in [-0.3, -0.25) is 4.21 Å². The van der Waals surface area contributed by atoms with Crippen LogP contribution in [0.1, 0.15) is 19.8 Å². The van der Waals surface area contributed by atoms with E-state index >= 15 is 0 Å². The first-order chi connectivity index (χ1) is 8.63. The number of aromatic nitrogens is 2. The van der Waals surface area contributed by atoms with E-state index in [1.54, 1.807) is 19.6 Å². The second kappa shape index (κ2) is 8.26. The minimum absolute atomic E-state index is 0.275. The summed E-state index contributed by atoms with van der Waals surface area (Å²) in [6, 6.07) is 0.275. The molecule has 0 spiro atoms. The van der Waals surface area contributed by atoms with Crippen LogP contribution in [0.4, 0.5) is 5.95 Å². The van der Waals surface area contributed by atoms with Crippen molar-refractivity contribution in [1.29, 1.82) is 0 Å². The molecule has 104 valence electrons. The molecule has 0 bridgehead atoms. The van der Waals surface area contributed by atoms with E-state index in [4.69, 9.17) is 4.74 Å². The highest BCUT2D eigenvalue weighted by atomic mass is 32.2. The van der Waals surface area contributed by atoms with Gasteiger partial charge in [0.25, 0.3) is 0 Å². The van der Waals surface area contributed by atoms with Crippen LogP contribution in [-0.2, 0) is 22.1 Å². The number of nitrogens with one attached hydrogen (secondary N) is 1. The van der Waals surface area contributed by atoms with Crippen molar-refractivity contribution in [1.82, 2.24) is 9.55 Å². The molecule has 2 atom stereocenters. The van der Waals surface area contributed by atoms with Crippen LogP contribution in [0.3, 0.4) is 0 Å². The standard InChI is InChI=1S/C12H23N3O2S/c1-11(5-10-18(3)16)14-12-13-6-8-15(12)7-4-9-17-2/h6,8,11H,4-5,7,9-10H2,1-3H3,(H,13,14). The van der Waals surface area contributed by atoms with Crippen LogP contribution in [-0.4, -0.2) is 45.5 Å². The molecule has 0 radical (unpaired) electrons. The average Bonchev–Trinajstić information content (AvgIpc) is 2.74. The molecule has 6 heteroatoms. The predicted molar refractivity (Wildman–Crippen MR) is 75.4 cm³/mol. The molecular formula is C12H23N3O2S. The van der Waals surface area contributed by atoms with Crippen LogP contribution >= 0.6 is 0 Å². The number of anilines is 1. The third kappa shape index (κ3) is 5.64. The summed E-state index contributed by atoms with van der Waals surface area (Å²) in [7, 11) is 0.979. The number of methoxy groups -OCH3 is 1. The minimum atomic E-state index is -0.730. The Bertz CT molecular complexity index is 368. The molecule has 0 aliphatic carbocycles. The molecular weight excluding hydrogens is 250 g/mol. The number of nitrogens with zero attached hydrogens (tertiary/aromatic N) is 2. The van der Waals surface area contributed by atoms with Gasteiger partial charge in [0, 0.05) is 61.5 Å². The average molecular weight is 273 g/mol. The van der Waals surface area contributed by atoms with Gasteiger partial charge in [-0.25, -0.2) is 4.98 Å². The lowest BCUT2D eigenvalue weighted by Crippen LogP contribution is -2.20. The van der Waals surface area contributed by atoms with Gasteiger partial charge in [-0.05, 0) is 19.8 Å². The van der Waals surface area contributed by atoms with Gasteiger partial charge in [0.1, 0.15) is 0 Å². The summed E-state index contributed by atoms with van der Waals surface area (Å²) in [5, 5.41) is 3.35. The lowest BCUT2D eigenvalue weighted by atomic mass is 10.3. The van der Waals surface area contributed by atoms with Crippen LogP contribution in [0, 0.1) is 0 Å². The van der Waals surface area contributed by atoms with E-state index in [1.165, 1.54) is 0 Å². The van der Waals surface area contributed by atoms with Crippen LogP contribution in [0.15, 0.2) is 12.4 Å². The van der Waals surface area contributed by atoms with Crippen molar-refractivity contribution in [3.63, 3.8) is 0 Å². The first-order valence-electron chi connectivity index (χ1n) is 6.20. The fourth-order valence-corrected chi connectivity index (χ4v) is 2.33. The minimum Gasteiger partial charge on any atom is -0.385 e. The zero-order valence-corrected chi connectivity index (χ0v) is 12.2. The van der Waals surface area contributed by atoms with Crippen LogP contribution in [0.5, 0.6) is 0 Å². The van der Waals surface area contributed by atoms with Gasteiger partial charge in [-0.15, -0.1) is 0 Å². The van der Waals surface area contributed by atoms with Crippen LogP contribution in [0.25, 0.3) is 0 Å². The van der Waals surface area contributed by atoms with Crippen molar-refractivity contribution in [2.24, 2.45) is 0 Å². The van der Waals surface area contributed by atoms with Gasteiger partial charge < -0.3 is 14.6 Å². The number of hydrogen-bond acceptors (Lipinski definition) is 4. The maximum absolute atomic E-state index is 11.0. The van der Waals surface area contributed by atoms with Gasteiger partial charge in [-0.2, -0.15) is 0 Å². The summed E-state index contributed by atoms with van der Waals surface area (Å²) in [5.41, 5.74) is 0. The summed E-state index contributed by atoms with van der Waals surface area (Å²) >= 11 is 0. The Kier molecular flexibility index (Phi) is 6.97. The lowest BCUT2D eigenvalue weighted by molar-refractivity contribution is 0.190. The molecule has 0 aliphatic rings. The van der Waals surface area contributed by atoms with Crippen molar-refractivity contribution in [2.75, 3.05) is 31.0 Å². The molecule has 0 aliphatic heterocycles. The number of hydrogen-bond donors (Lipinski definition) is 1. The Morgan fingerprint density at radius 2 is 2.39 bits per heavy atom. The zero-order valence-electron chi connectivity index (χ0n) is 11.4. The van der Waals surface area contributed by atoms with Gasteiger partial charge in [0.05, 0.1) is 0 Å². The summed E-state index contributed by atoms with van der Waals surface area (Å²) in [6.07, 6.45) is 7.34. The molecule has 1 N–H and O–H groups in total. The van der Waals surface area contributed by atoms with Gasteiger partial charge in [0.15, 0.2) is 0 Å². The Balaban J connectivity index is 2.41. The van der Waals surface area contributed by atoms with E-state index in [1.807, 2.05) is 6.20 Å². The second-order valence-corrected chi connectivity index (χ2v) is 5.96. The maximum atomic E-state index is 11.0. The van der Waals surface area contributed by atoms with E-state index in [-0.39, 0.29) is 6.04 Å². The van der Waals surface area contributed by atoms with E-state index in [2.05, 4.69) is 21.8 Å². The van der Waals surface area contributed by atoms with Crippen molar-refractivity contribution in [3.8, 4) is 0 Å². The number of aryl methyl sites for hydroxylation is 1. The molecule has 2 unspecified atom stereocenters. The number of imidazole rings is 1. The highest BCUT2D eigenvalue weighted by molar-refractivity contribution is 7.84. The van der Waals surface area contributed by atoms with Crippen molar-refractivity contribution in [3.05, 3.63) is 12.4 Å². The second-order valence-electron chi connectivity index (χ2n) is 4.40. The van der Waals surface area contributed by atoms with Crippen LogP contribution in [0.2, 0.25) is 0 Å². The van der Waals surface area contributed by atoms with E-state index in [9.17, 15) is 4.21 Å². The Morgan fingerprint density at radius 3 is 3.06 bits per heavy atom. The van der Waals surface area contributed by atoms with Crippen molar-refractivity contribution < 1.29 is 8.95 Å². The van der Waals surface area contributed by atoms with Gasteiger partial charge in [0.2, 0.25) is 5.95 Å². The molecule has 0 aromatic carbocycles. The third-order valence-corrected chi connectivity index (χ3v) is 3.49. The van der Waals surface area contributed by atoms with E-state index in [0.717, 1.165) is 37.7 Å². The monoisotopic (exact) mass is 273 g/mol. The Hall–Kier alpha value is -0.880. The molecule has 0 fully saturated rings. The van der Waals surface area contributed by atoms with Gasteiger partial charge in [-0.1, -0.05) is 0 Å². The Labute approximate surface area is 111 Å². The summed E-state index contributed by atoms with van der Waals surface area (Å²) in [5.74, 6) is 1.60. The number of ether oxygens (including phenoxy) is 1. The predicted octanol–water partition coefficient (Wildman–Crippen LogP) is 1.49. The molecule has 1 rings (SSSR count). The lowest BCUT2D eigenvalue weighted by Gasteiger charge is -2.15. The SMILES string of the molecule is COCCCn1ccnc1NC(C)CCS(C)=O. The topological polar surface area (TPSA) is 56.1 Å². The van der Waals surface area contributed by atoms with Gasteiger partial charge >= 0.3 is 0 Å². The zero-order chi connectivity index (χ0) is 13.4. The maximum Gasteiger partial charge on any atom is 0.202 e. The summed E-state index contributed by atoms with van der Waals surface area (Å²) in [4.78, 5) is 4.30. The quantitative estimate of drug-likeness (QED) is 0.693. The molecule has 1 aromatic heterocycles. The fraction of sp³-hybridized carbons (Fsp3) is 0.750. The molecule has 0 amide bonds. The first kappa shape index (κ1) is 15.2. The van der Waals surface area contributed by atoms with Crippen molar-refractivity contribution in [2.45, 2.75) is 32.4 Å². The summed E-state index contributed by atoms with van der Waals surface area (Å²) in [6.45, 7) is 3.73. The summed E-state index contributed by atoms with van der Waals surface area (Å²) < 4.78 is 18.2. The van der Waals surface area contributed by atoms with E-state index in [0.29, 0.717) is 0 Å². The number of rotatable bonds is 9. The first-order valence-corrected chi connectivity index (χ1v) is 7.93. The highest BCUT2D eigenvalue weighted by Crippen LogP contribution is 2.08. The molecule has 1 aromatic rings. The molecule has 0 saturated heterocycles. The molecule has 18 heavy (non-hydrogen) atoms. The highest BCUT2D eigenvalue weighted by Gasteiger charge is 2.07. The van der Waals surface area contributed by atoms with Crippen LogP contribution < -0.4 is 5.32 Å². The Morgan fingerprint density at radius 1 is 1.61 bits per heavy atom. The molecule has 5 nitrogen and oxygen atoms in total. The normalized spacial score (nSPS) is 14.4. The van der Waals surface area contributed by atoms with E-state index < -0.39 is 10.8 Å². The van der Waals surface area contributed by atoms with Crippen molar-refractivity contribution >= 4 is 16.7 Å². The molecule has 1 heterocycles. The largest absolute Gasteiger partial charge is 0.385 e. The molecule has 0 saturated carbocycles. The smallest absolute Gasteiger partial charge is 0.202 e. The fourth-order valence-electron chi connectivity index (χ4n) is 1.64. The third-order valence-electron chi connectivity index (χ3n) is 2.68.